The van der Waals surface area contributed by atoms with Crippen molar-refractivity contribution in [1.82, 2.24) is 0 Å². The van der Waals surface area contributed by atoms with Crippen molar-refractivity contribution in [1.29, 1.82) is 0 Å². The number of carbonyl (C=O) groups excluding carboxylic acids is 6. The molecule has 0 amide bonds. The smallest absolute Gasteiger partial charge is 0.876 e. The van der Waals surface area contributed by atoms with E-state index < -0.39 is 0 Å². The summed E-state index contributed by atoms with van der Waals surface area (Å²) < 4.78 is 0. The number of hydrogen-bond acceptors (Lipinski definition) is 24. The van der Waals surface area contributed by atoms with E-state index in [-0.39, 0.29) is 258 Å². The molecule has 4 rings (SSSR count). The molecule has 0 bridgehead atoms. The zero-order valence-electron chi connectivity index (χ0n) is 53.3. The third-order valence-electron chi connectivity index (χ3n) is 7.75. The molecule has 0 heterocycles. The van der Waals surface area contributed by atoms with Crippen LogP contribution in [0.2, 0.25) is 0 Å². The second-order valence-electron chi connectivity index (χ2n) is 16.5. The van der Waals surface area contributed by atoms with Gasteiger partial charge in [-0.15, -0.1) is 57.6 Å². The predicted molar refractivity (Wildman–Crippen MR) is 320 cm³/mol. The Hall–Kier alpha value is -5.00. The van der Waals surface area contributed by atoms with Crippen molar-refractivity contribution in [2.24, 2.45) is 20.0 Å². The van der Waals surface area contributed by atoms with Crippen molar-refractivity contribution >= 4 is 59.6 Å². The summed E-state index contributed by atoms with van der Waals surface area (Å²) in [4.78, 5) is 76.4. The number of aliphatic hydroxyl groups excluding tert-OH is 2. The summed E-state index contributed by atoms with van der Waals surface area (Å²) in [6, 6.07) is 26.9. The van der Waals surface area contributed by atoms with Crippen LogP contribution in [0.15, 0.2) is 188 Å². The van der Waals surface area contributed by atoms with Crippen LogP contribution in [-0.2, 0) is 28.8 Å². The molecule has 24 nitrogen and oxygen atoms in total. The van der Waals surface area contributed by atoms with Crippen LogP contribution >= 0.6 is 0 Å². The summed E-state index contributed by atoms with van der Waals surface area (Å²) in [6.45, 7) is 18.1. The van der Waals surface area contributed by atoms with Gasteiger partial charge in [0, 0.05) is 39.1 Å². The van der Waals surface area contributed by atoms with Crippen LogP contribution in [0, 0.1) is 154 Å². The molecule has 512 valence electrons. The van der Waals surface area contributed by atoms with E-state index in [2.05, 4.69) is 20.0 Å². The molecule has 0 aliphatic heterocycles. The summed E-state index contributed by atoms with van der Waals surface area (Å²) >= 11 is 0. The standard InChI is InChI=1S/2C16H16N2O2.6C5H8O2.2CH4O.2H2O.4Tb/c2*19-15-7-3-1-5-13(15)11-17-9-10-18-12-14-6-2-4-8-16(14)20;6*1-4(6)3-5(2)7;2*1-2;;;;;;/h2*1-8,11-12,19-20H,9-10H2;6*3,6H,1-2H3;2*2H,1H3;2*1H2;;;;/q;;;;;;;;;;;;4*+3/p-12/b;;6*4-3-;;;;;;;;. The monoisotopic (exact) mass is 1860 g/mol. The first-order valence-electron chi connectivity index (χ1n) is 25.4. The third kappa shape index (κ3) is 91.4. The molecule has 28 heteroatoms. The number of aliphatic hydroxyl groups is 2. The topological polar surface area (TPSA) is 483 Å². The molecule has 0 saturated carbocycles. The minimum absolute atomic E-state index is 0. The van der Waals surface area contributed by atoms with Crippen LogP contribution in [0.3, 0.4) is 0 Å². The van der Waals surface area contributed by atoms with E-state index in [9.17, 15) is 79.8 Å². The summed E-state index contributed by atoms with van der Waals surface area (Å²) in [6.07, 6.45) is 12.6. The molecule has 0 fully saturated rings. The molecule has 4 N–H and O–H groups in total. The van der Waals surface area contributed by atoms with Crippen LogP contribution in [0.1, 0.15) is 105 Å². The van der Waals surface area contributed by atoms with E-state index in [1.165, 1.54) is 107 Å². The molecule has 4 aromatic rings. The van der Waals surface area contributed by atoms with Crippen molar-refractivity contribution in [2.45, 2.75) is 83.1 Å². The van der Waals surface area contributed by atoms with E-state index in [4.69, 9.17) is 10.2 Å². The van der Waals surface area contributed by atoms with E-state index in [0.29, 0.717) is 48.4 Å². The Balaban J connectivity index is -0.0000000823. The molecule has 92 heavy (non-hydrogen) atoms. The predicted octanol–water partition coefficient (Wildman–Crippen LogP) is 0.644. The first-order valence-corrected chi connectivity index (χ1v) is 25.4. The largest absolute Gasteiger partial charge is 3.00 e. The zero-order chi connectivity index (χ0) is 67.6. The number of para-hydroxylation sites is 4. The molecular weight excluding hydrogens is 1780 g/mol. The molecule has 0 spiro atoms. The number of allylic oxidation sites excluding steroid dienone is 12. The maximum Gasteiger partial charge on any atom is 3.00 e. The number of rotatable bonds is 16. The second kappa shape index (κ2) is 78.4. The fourth-order valence-electron chi connectivity index (χ4n) is 4.95. The Morgan fingerprint density at radius 1 is 0.293 bits per heavy atom. The van der Waals surface area contributed by atoms with Crippen LogP contribution in [0.25, 0.3) is 0 Å². The van der Waals surface area contributed by atoms with E-state index in [1.807, 2.05) is 0 Å². The van der Waals surface area contributed by atoms with E-state index in [0.717, 1.165) is 50.7 Å². The van der Waals surface area contributed by atoms with Gasteiger partial charge in [0.2, 0.25) is 0 Å². The fraction of sp³-hybridized carbons (Fsp3) is 0.281. The average Bonchev–Trinajstić information content (AvgIpc) is 3.61. The average molecular weight is 1860 g/mol. The van der Waals surface area contributed by atoms with Crippen LogP contribution in [0.5, 0.6) is 23.0 Å². The van der Waals surface area contributed by atoms with Gasteiger partial charge < -0.3 is 72.2 Å². The molecule has 0 radical (unpaired) electrons. The summed E-state index contributed by atoms with van der Waals surface area (Å²) in [5.41, 5.74) is 2.28. The number of nitrogens with zero attached hydrogens (tertiary/aromatic N) is 4. The van der Waals surface area contributed by atoms with Crippen molar-refractivity contribution < 1.29 is 255 Å². The Labute approximate surface area is 663 Å². The fourth-order valence-corrected chi connectivity index (χ4v) is 4.95. The summed E-state index contributed by atoms with van der Waals surface area (Å²) in [5, 5.41) is 119. The molecule has 4 aromatic carbocycles. The molecular formula is C64H80N4O20Tb4. The number of hydrogen-bond donors (Lipinski definition) is 2. The Morgan fingerprint density at radius 3 is 0.500 bits per heavy atom. The quantitative estimate of drug-likeness (QED) is 0.0673. The van der Waals surface area contributed by atoms with Crippen LogP contribution in [-0.4, -0.2) is 121 Å². The first-order chi connectivity index (χ1) is 40.3. The molecule has 0 aliphatic rings. The van der Waals surface area contributed by atoms with Crippen LogP contribution in [0.4, 0.5) is 0 Å². The third-order valence-corrected chi connectivity index (χ3v) is 7.75. The van der Waals surface area contributed by atoms with Gasteiger partial charge in [-0.1, -0.05) is 139 Å². The van der Waals surface area contributed by atoms with Gasteiger partial charge in [-0.25, -0.2) is 0 Å². The van der Waals surface area contributed by atoms with Crippen molar-refractivity contribution in [3.63, 3.8) is 0 Å². The van der Waals surface area contributed by atoms with Gasteiger partial charge >= 0.3 is 154 Å². The minimum atomic E-state index is -0.187. The van der Waals surface area contributed by atoms with Gasteiger partial charge in [-0.3, -0.25) is 48.7 Å². The van der Waals surface area contributed by atoms with Gasteiger partial charge in [-0.2, -0.15) is 0 Å². The Bertz CT molecular complexity index is 2480. The number of carbonyl (C=O) groups is 6. The normalized spacial score (nSPS) is 10.3. The molecule has 0 atom stereocenters. The van der Waals surface area contributed by atoms with Crippen LogP contribution < -0.4 is 51.1 Å². The Kier molecular flexibility index (Phi) is 97.5. The second-order valence-corrected chi connectivity index (χ2v) is 16.5. The van der Waals surface area contributed by atoms with E-state index >= 15 is 0 Å². The number of benzene rings is 4. The summed E-state index contributed by atoms with van der Waals surface area (Å²) in [5.74, 6) is -2.42. The SMILES string of the molecule is CC(=O)/C=C(/C)[O-].CC(=O)/C=C(/C)[O-].CC(=O)/C=C(/C)[O-].CC(=O)/C=C(/C)[O-].CC(=O)/C=C(/C)[O-].CC(=O)/C=C(/C)[O-].CO.CO.[O-]c1ccccc1C=NCCN=Cc1ccccc1[O-].[O-]c1ccccc1C=NCCN=Cc1ccccc1[O-].[OH-].[OH-].[Tb+3].[Tb+3].[Tb+3].[Tb+3]. The number of ketones is 6. The molecule has 0 aromatic heterocycles. The maximum atomic E-state index is 11.4. The minimum Gasteiger partial charge on any atom is -0.876 e. The van der Waals surface area contributed by atoms with Crippen molar-refractivity contribution in [3.05, 3.63) is 190 Å². The van der Waals surface area contributed by atoms with Crippen molar-refractivity contribution in [2.75, 3.05) is 40.4 Å². The van der Waals surface area contributed by atoms with Gasteiger partial charge in [0.15, 0.2) is 34.7 Å². The van der Waals surface area contributed by atoms with Gasteiger partial charge in [0.25, 0.3) is 0 Å². The van der Waals surface area contributed by atoms with Gasteiger partial charge in [-0.05, 0) is 100 Å². The molecule has 0 aliphatic carbocycles. The van der Waals surface area contributed by atoms with Gasteiger partial charge in [0.05, 0.1) is 26.2 Å². The molecule has 0 saturated heterocycles. The number of aliphatic imine (C=N–C) groups is 4. The zero-order valence-corrected chi connectivity index (χ0v) is 61.8. The Morgan fingerprint density at radius 2 is 0.413 bits per heavy atom. The maximum absolute atomic E-state index is 11.4. The van der Waals surface area contributed by atoms with E-state index in [1.54, 1.807) is 97.7 Å². The summed E-state index contributed by atoms with van der Waals surface area (Å²) in [7, 11) is 2.00. The first kappa shape index (κ1) is 114. The van der Waals surface area contributed by atoms with Gasteiger partial charge in [0.1, 0.15) is 0 Å². The van der Waals surface area contributed by atoms with Crippen molar-refractivity contribution in [3.8, 4) is 23.0 Å². The molecule has 0 unspecified atom stereocenters.